The number of piperazine rings is 1. The molecule has 194 valence electrons. The third kappa shape index (κ3) is 5.23. The Bertz CT molecular complexity index is 1070. The van der Waals surface area contributed by atoms with Crippen LogP contribution < -0.4 is 10.2 Å². The highest BCUT2D eigenvalue weighted by Gasteiger charge is 2.36. The molecule has 2 N–H and O–H groups in total. The average Bonchev–Trinajstić information content (AvgIpc) is 3.19. The highest BCUT2D eigenvalue weighted by atomic mass is 35.5. The molecule has 36 heavy (non-hydrogen) atoms. The second-order valence-corrected chi connectivity index (χ2v) is 11.1. The number of aromatic nitrogens is 2. The first-order chi connectivity index (χ1) is 17.3. The number of nitrogens with zero attached hydrogens (tertiary/aromatic N) is 4. The largest absolute Gasteiger partial charge is 0.387 e. The molecule has 1 amide bonds. The monoisotopic (exact) mass is 513 g/mol. The van der Waals surface area contributed by atoms with Crippen molar-refractivity contribution < 1.29 is 14.6 Å². The molecule has 3 heterocycles. The first kappa shape index (κ1) is 25.4. The zero-order valence-corrected chi connectivity index (χ0v) is 21.9. The Balaban J connectivity index is 1.29. The Labute approximate surface area is 218 Å². The highest BCUT2D eigenvalue weighted by molar-refractivity contribution is 6.30. The molecule has 0 radical (unpaired) electrons. The minimum atomic E-state index is -0.523. The van der Waals surface area contributed by atoms with E-state index in [0.717, 1.165) is 48.7 Å². The van der Waals surface area contributed by atoms with Crippen molar-refractivity contribution in [3.8, 4) is 0 Å². The summed E-state index contributed by atoms with van der Waals surface area (Å²) in [5, 5.41) is 14.7. The second kappa shape index (κ2) is 10.6. The van der Waals surface area contributed by atoms with Crippen molar-refractivity contribution in [3.05, 3.63) is 52.4 Å². The summed E-state index contributed by atoms with van der Waals surface area (Å²) in [7, 11) is 0. The van der Waals surface area contributed by atoms with Crippen LogP contribution in [-0.4, -0.2) is 77.4 Å². The van der Waals surface area contributed by atoms with Gasteiger partial charge in [-0.2, -0.15) is 0 Å². The number of ether oxygens (including phenoxy) is 1. The number of halogens is 1. The number of hydrogen-bond acceptors (Lipinski definition) is 7. The van der Waals surface area contributed by atoms with Gasteiger partial charge in [-0.25, -0.2) is 9.97 Å². The van der Waals surface area contributed by atoms with Crippen LogP contribution in [0, 0.1) is 0 Å². The molecule has 3 atom stereocenters. The smallest absolute Gasteiger partial charge is 0.231 e. The predicted octanol–water partition coefficient (Wildman–Crippen LogP) is 3.26. The van der Waals surface area contributed by atoms with Crippen LogP contribution in [-0.2, 0) is 9.53 Å². The number of nitrogens with one attached hydrogen (secondary N) is 1. The van der Waals surface area contributed by atoms with Crippen LogP contribution in [0.3, 0.4) is 0 Å². The normalized spacial score (nSPS) is 24.4. The third-order valence-electron chi connectivity index (χ3n) is 8.07. The van der Waals surface area contributed by atoms with Crippen LogP contribution in [0.5, 0.6) is 0 Å². The lowest BCUT2D eigenvalue weighted by atomic mass is 9.90. The quantitative estimate of drug-likeness (QED) is 0.612. The second-order valence-electron chi connectivity index (χ2n) is 10.6. The minimum Gasteiger partial charge on any atom is -0.387 e. The summed E-state index contributed by atoms with van der Waals surface area (Å²) >= 11 is 6.14. The van der Waals surface area contributed by atoms with Gasteiger partial charge in [0.2, 0.25) is 5.91 Å². The first-order valence-corrected chi connectivity index (χ1v) is 13.4. The number of fused-ring (bicyclic) bond motifs is 1. The van der Waals surface area contributed by atoms with E-state index in [1.54, 1.807) is 6.33 Å². The van der Waals surface area contributed by atoms with Gasteiger partial charge < -0.3 is 25.0 Å². The van der Waals surface area contributed by atoms with Crippen molar-refractivity contribution in [1.82, 2.24) is 20.2 Å². The molecule has 1 aliphatic carbocycles. The number of amides is 1. The Kier molecular flexibility index (Phi) is 7.49. The maximum atomic E-state index is 13.8. The van der Waals surface area contributed by atoms with E-state index < -0.39 is 6.10 Å². The topological polar surface area (TPSA) is 90.8 Å². The van der Waals surface area contributed by atoms with E-state index in [-0.39, 0.29) is 23.3 Å². The molecule has 2 saturated heterocycles. The number of carbonyl (C=O) groups excluding carboxylic acids is 1. The summed E-state index contributed by atoms with van der Waals surface area (Å²) in [5.41, 5.74) is 2.75. The number of rotatable bonds is 6. The van der Waals surface area contributed by atoms with Crippen LogP contribution in [0.4, 0.5) is 5.82 Å². The zero-order valence-electron chi connectivity index (χ0n) is 21.1. The van der Waals surface area contributed by atoms with Crippen molar-refractivity contribution >= 4 is 23.3 Å². The van der Waals surface area contributed by atoms with E-state index in [2.05, 4.69) is 34.0 Å². The van der Waals surface area contributed by atoms with Gasteiger partial charge in [-0.1, -0.05) is 30.7 Å². The van der Waals surface area contributed by atoms with Crippen molar-refractivity contribution in [2.45, 2.75) is 56.6 Å². The van der Waals surface area contributed by atoms with Crippen molar-refractivity contribution in [2.75, 3.05) is 50.8 Å². The van der Waals surface area contributed by atoms with Crippen LogP contribution in [0.15, 0.2) is 30.6 Å². The van der Waals surface area contributed by atoms with Crippen LogP contribution in [0.2, 0.25) is 5.02 Å². The molecule has 1 aromatic carbocycles. The fourth-order valence-corrected chi connectivity index (χ4v) is 5.83. The maximum Gasteiger partial charge on any atom is 0.231 e. The number of benzene rings is 1. The lowest BCUT2D eigenvalue weighted by Crippen LogP contribution is -2.53. The molecule has 0 saturated carbocycles. The molecule has 9 heteroatoms. The number of carbonyl (C=O) groups is 1. The Morgan fingerprint density at radius 1 is 1.19 bits per heavy atom. The summed E-state index contributed by atoms with van der Waals surface area (Å²) < 4.78 is 5.54. The summed E-state index contributed by atoms with van der Waals surface area (Å²) in [6.07, 6.45) is 3.57. The summed E-state index contributed by atoms with van der Waals surface area (Å²) in [4.78, 5) is 27.0. The average molecular weight is 514 g/mol. The molecule has 1 aromatic heterocycles. The van der Waals surface area contributed by atoms with Gasteiger partial charge in [0.25, 0.3) is 0 Å². The Morgan fingerprint density at radius 3 is 2.58 bits per heavy atom. The molecule has 5 rings (SSSR count). The van der Waals surface area contributed by atoms with Gasteiger partial charge in [0.15, 0.2) is 0 Å². The van der Waals surface area contributed by atoms with E-state index in [1.807, 2.05) is 29.2 Å². The fraction of sp³-hybridized carbons (Fsp3) is 0.593. The van der Waals surface area contributed by atoms with Gasteiger partial charge in [0.1, 0.15) is 12.1 Å². The van der Waals surface area contributed by atoms with Gasteiger partial charge in [-0.3, -0.25) is 4.79 Å². The summed E-state index contributed by atoms with van der Waals surface area (Å²) in [6.45, 7) is 9.06. The van der Waals surface area contributed by atoms with E-state index in [4.69, 9.17) is 16.3 Å². The van der Waals surface area contributed by atoms with Crippen LogP contribution in [0.1, 0.15) is 67.9 Å². The predicted molar refractivity (Wildman–Crippen MR) is 139 cm³/mol. The van der Waals surface area contributed by atoms with E-state index in [9.17, 15) is 9.90 Å². The molecule has 0 bridgehead atoms. The van der Waals surface area contributed by atoms with Gasteiger partial charge in [0, 0.05) is 62.1 Å². The fourth-order valence-electron chi connectivity index (χ4n) is 5.70. The van der Waals surface area contributed by atoms with E-state index in [1.165, 1.54) is 0 Å². The van der Waals surface area contributed by atoms with Crippen molar-refractivity contribution in [3.63, 3.8) is 0 Å². The molecule has 2 aliphatic heterocycles. The maximum absolute atomic E-state index is 13.8. The van der Waals surface area contributed by atoms with Gasteiger partial charge in [-0.15, -0.1) is 0 Å². The molecule has 2 fully saturated rings. The molecule has 0 spiro atoms. The van der Waals surface area contributed by atoms with E-state index >= 15 is 0 Å². The van der Waals surface area contributed by atoms with Crippen LogP contribution >= 0.6 is 11.6 Å². The number of aliphatic hydroxyl groups is 1. The third-order valence-corrected chi connectivity index (χ3v) is 8.32. The van der Waals surface area contributed by atoms with Gasteiger partial charge in [-0.05, 0) is 49.8 Å². The van der Waals surface area contributed by atoms with E-state index in [0.29, 0.717) is 44.2 Å². The van der Waals surface area contributed by atoms with Gasteiger partial charge >= 0.3 is 0 Å². The molecule has 3 aliphatic rings. The number of anilines is 1. The molecular weight excluding hydrogens is 478 g/mol. The minimum absolute atomic E-state index is 0.0312. The lowest BCUT2D eigenvalue weighted by molar-refractivity contribution is -0.133. The standard InChI is InChI=1S/C27H36ClN5O3/c1-18-15-22(34)24-23(18)25(30-17-29-24)32-9-11-33(12-10-32)26(35)21(19-3-5-20(28)6-4-19)16-31-27(2)7-13-36-14-8-27/h3-6,17-18,21-22,31,34H,7-16H2,1-2H3/t18-,21?,22-/m1/s1. The van der Waals surface area contributed by atoms with Crippen molar-refractivity contribution in [1.29, 1.82) is 0 Å². The molecule has 8 nitrogen and oxygen atoms in total. The Morgan fingerprint density at radius 2 is 1.89 bits per heavy atom. The molecule has 2 aromatic rings. The van der Waals surface area contributed by atoms with Crippen LogP contribution in [0.25, 0.3) is 0 Å². The molecular formula is C27H36ClN5O3. The zero-order chi connectivity index (χ0) is 25.3. The lowest BCUT2D eigenvalue weighted by Gasteiger charge is -2.39. The number of hydrogen-bond donors (Lipinski definition) is 2. The SMILES string of the molecule is C[C@@H]1C[C@@H](O)c2ncnc(N3CCN(C(=O)C(CNC4(C)CCOCC4)c4ccc(Cl)cc4)CC3)c21. The highest BCUT2D eigenvalue weighted by Crippen LogP contribution is 2.42. The molecule has 1 unspecified atom stereocenters. The van der Waals surface area contributed by atoms with Gasteiger partial charge in [0.05, 0.1) is 17.7 Å². The van der Waals surface area contributed by atoms with Crippen molar-refractivity contribution in [2.24, 2.45) is 0 Å². The number of aliphatic hydroxyl groups excluding tert-OH is 1. The first-order valence-electron chi connectivity index (χ1n) is 13.0. The summed E-state index contributed by atoms with van der Waals surface area (Å²) in [6, 6.07) is 7.64. The summed E-state index contributed by atoms with van der Waals surface area (Å²) in [5.74, 6) is 0.973. The Hall–Kier alpha value is -2.26.